The number of quaternary nitrogens is 3. The number of unbranched alkanes of at least 4 members (excludes halogenated alkanes) is 27. The van der Waals surface area contributed by atoms with Crippen LogP contribution in [0.25, 0.3) is 0 Å². The van der Waals surface area contributed by atoms with Crippen molar-refractivity contribution in [3.05, 3.63) is 0 Å². The van der Waals surface area contributed by atoms with E-state index in [0.29, 0.717) is 0 Å². The average Bonchev–Trinajstić information content (AvgIpc) is 3.27. The van der Waals surface area contributed by atoms with Crippen LogP contribution >= 0.6 is 7.82 Å². The third-order valence-corrected chi connectivity index (χ3v) is 14.0. The van der Waals surface area contributed by atoms with E-state index in [9.17, 15) is 0 Å². The lowest BCUT2D eigenvalue weighted by Gasteiger charge is -2.36. The molecule has 0 heterocycles. The SMILES string of the molecule is CCCCCC[N+](C)(CCCCCC)CCCCCC.CCCCCC[N+](C)(CCCCCC)CCCCCC.CCCCCC[N+](C)(CCCCCC)CCCCCC.O=P([O-])([O-])[O-]. The second-order valence-electron chi connectivity index (χ2n) is 21.4. The zero-order valence-electron chi connectivity index (χ0n) is 47.2. The first-order valence-electron chi connectivity index (χ1n) is 29.3. The second-order valence-corrected chi connectivity index (χ2v) is 22.3. The molecule has 398 valence electrons. The molecule has 8 heteroatoms. The van der Waals surface area contributed by atoms with E-state index in [0.717, 1.165) is 0 Å². The molecule has 0 amide bonds. The van der Waals surface area contributed by atoms with Gasteiger partial charge in [-0.25, -0.2) is 0 Å². The summed E-state index contributed by atoms with van der Waals surface area (Å²) in [5.74, 6) is 0. The molecule has 0 aromatic heterocycles. The van der Waals surface area contributed by atoms with Gasteiger partial charge in [-0.2, -0.15) is 7.82 Å². The molecule has 0 aromatic rings. The molecule has 0 aliphatic rings. The van der Waals surface area contributed by atoms with E-state index in [1.165, 1.54) is 304 Å². The second kappa shape index (κ2) is 53.3. The van der Waals surface area contributed by atoms with Crippen LogP contribution in [0.3, 0.4) is 0 Å². The van der Waals surface area contributed by atoms with Gasteiger partial charge in [0.2, 0.25) is 0 Å². The Morgan fingerprint density at radius 3 is 0.400 bits per heavy atom. The normalized spacial score (nSPS) is 12.0. The lowest BCUT2D eigenvalue weighted by molar-refractivity contribution is -0.910. The van der Waals surface area contributed by atoms with Gasteiger partial charge in [-0.3, -0.25) is 0 Å². The number of nitrogens with zero attached hydrogens (tertiary/aromatic N) is 3. The van der Waals surface area contributed by atoms with Crippen molar-refractivity contribution in [3.8, 4) is 0 Å². The highest BCUT2D eigenvalue weighted by Crippen LogP contribution is 2.18. The minimum Gasteiger partial charge on any atom is -0.822 e. The third-order valence-electron chi connectivity index (χ3n) is 14.0. The molecule has 0 unspecified atom stereocenters. The largest absolute Gasteiger partial charge is 0.822 e. The fraction of sp³-hybridized carbons (Fsp3) is 1.00. The third kappa shape index (κ3) is 62.0. The Kier molecular flexibility index (Phi) is 58.7. The predicted octanol–water partition coefficient (Wildman–Crippen LogP) is 15.7. The quantitative estimate of drug-likeness (QED) is 0.0346. The minimum absolute atomic E-state index is 1.34. The summed E-state index contributed by atoms with van der Waals surface area (Å²) in [6.45, 7) is 33.5. The fourth-order valence-corrected chi connectivity index (χ4v) is 9.29. The van der Waals surface area contributed by atoms with Crippen LogP contribution in [0.5, 0.6) is 0 Å². The van der Waals surface area contributed by atoms with Gasteiger partial charge in [-0.15, -0.1) is 0 Å². The van der Waals surface area contributed by atoms with Gasteiger partial charge in [0.25, 0.3) is 0 Å². The van der Waals surface area contributed by atoms with Gasteiger partial charge < -0.3 is 32.7 Å². The van der Waals surface area contributed by atoms with Crippen LogP contribution in [0.4, 0.5) is 0 Å². The van der Waals surface area contributed by atoms with Crippen molar-refractivity contribution in [1.29, 1.82) is 0 Å². The Morgan fingerprint density at radius 2 is 0.323 bits per heavy atom. The average molecular weight is 949 g/mol. The van der Waals surface area contributed by atoms with Gasteiger partial charge >= 0.3 is 0 Å². The van der Waals surface area contributed by atoms with Crippen LogP contribution in [-0.4, -0.2) is 93.5 Å². The van der Waals surface area contributed by atoms with Gasteiger partial charge in [0.1, 0.15) is 0 Å². The summed E-state index contributed by atoms with van der Waals surface area (Å²) in [7, 11) is 2.16. The fourth-order valence-electron chi connectivity index (χ4n) is 9.29. The maximum Gasteiger partial charge on any atom is 0.0784 e. The summed E-state index contributed by atoms with van der Waals surface area (Å²) >= 11 is 0. The molecule has 0 aliphatic heterocycles. The molecule has 0 N–H and O–H groups in total. The summed E-state index contributed by atoms with van der Waals surface area (Å²) in [4.78, 5) is 25.6. The molecule has 0 saturated carbocycles. The highest BCUT2D eigenvalue weighted by molar-refractivity contribution is 7.40. The van der Waals surface area contributed by atoms with E-state index in [1.807, 2.05) is 0 Å². The van der Waals surface area contributed by atoms with Gasteiger partial charge in [0.15, 0.2) is 0 Å². The van der Waals surface area contributed by atoms with Crippen molar-refractivity contribution in [1.82, 2.24) is 0 Å². The first kappa shape index (κ1) is 71.5. The summed E-state index contributed by atoms with van der Waals surface area (Å²) in [5.41, 5.74) is 0. The Hall–Kier alpha value is -0.0100. The molecule has 0 rings (SSSR count). The molecule has 0 spiro atoms. The van der Waals surface area contributed by atoms with Crippen LogP contribution in [0.2, 0.25) is 0 Å². The highest BCUT2D eigenvalue weighted by Gasteiger charge is 2.22. The zero-order chi connectivity index (χ0) is 49.8. The monoisotopic (exact) mass is 948 g/mol. The summed E-state index contributed by atoms with van der Waals surface area (Å²) < 4.78 is 12.6. The molecule has 0 atom stereocenters. The number of hydrogen-bond donors (Lipinski definition) is 0. The topological polar surface area (TPSA) is 86.2 Å². The van der Waals surface area contributed by atoms with Gasteiger partial charge in [-0.05, 0) is 116 Å². The molecule has 65 heavy (non-hydrogen) atoms. The van der Waals surface area contributed by atoms with Crippen molar-refractivity contribution in [3.63, 3.8) is 0 Å². The van der Waals surface area contributed by atoms with Crippen LogP contribution in [0.15, 0.2) is 0 Å². The van der Waals surface area contributed by atoms with Crippen molar-refractivity contribution in [2.75, 3.05) is 80.0 Å². The lowest BCUT2D eigenvalue weighted by atomic mass is 10.1. The summed E-state index contributed by atoms with van der Waals surface area (Å²) in [6.07, 6.45) is 50.9. The van der Waals surface area contributed by atoms with E-state index < -0.39 is 7.82 Å². The molecule has 7 nitrogen and oxygen atoms in total. The molecule has 0 fully saturated rings. The van der Waals surface area contributed by atoms with E-state index in [-0.39, 0.29) is 0 Å². The van der Waals surface area contributed by atoms with Crippen molar-refractivity contribution < 1.29 is 32.7 Å². The van der Waals surface area contributed by atoms with E-state index in [4.69, 9.17) is 19.2 Å². The minimum atomic E-state index is -5.39. The smallest absolute Gasteiger partial charge is 0.0784 e. The Morgan fingerprint density at radius 1 is 0.231 bits per heavy atom. The standard InChI is InChI=1S/3C19H42N.H3O4P/c3*1-5-8-11-14-17-20(4,18-15-12-9-6-2)19-16-13-10-7-3;1-5(2,3)4/h3*5-19H2,1-4H3;(H3,1,2,3,4)/q3*+1;/p-3. The summed E-state index contributed by atoms with van der Waals surface area (Å²) in [5, 5.41) is 0. The van der Waals surface area contributed by atoms with Crippen molar-refractivity contribution in [2.45, 2.75) is 293 Å². The van der Waals surface area contributed by atoms with Gasteiger partial charge in [-0.1, -0.05) is 178 Å². The Bertz CT molecular complexity index is 730. The molecular formula is C57H126N3O4P. The number of rotatable bonds is 45. The van der Waals surface area contributed by atoms with E-state index >= 15 is 0 Å². The Labute approximate surface area is 412 Å². The van der Waals surface area contributed by atoms with Crippen LogP contribution in [0, 0.1) is 0 Å². The lowest BCUT2D eigenvalue weighted by Crippen LogP contribution is -2.46. The van der Waals surface area contributed by atoms with Gasteiger partial charge in [0, 0.05) is 0 Å². The molecule has 0 aliphatic carbocycles. The van der Waals surface area contributed by atoms with Crippen molar-refractivity contribution >= 4 is 7.82 Å². The molecule has 0 radical (unpaired) electrons. The first-order valence-corrected chi connectivity index (χ1v) is 30.7. The van der Waals surface area contributed by atoms with Crippen LogP contribution in [0.1, 0.15) is 293 Å². The molecule has 0 aromatic carbocycles. The molecular weight excluding hydrogens is 822 g/mol. The summed E-state index contributed by atoms with van der Waals surface area (Å²) in [6, 6.07) is 0. The highest BCUT2D eigenvalue weighted by atomic mass is 31.2. The van der Waals surface area contributed by atoms with Crippen molar-refractivity contribution in [2.24, 2.45) is 0 Å². The zero-order valence-corrected chi connectivity index (χ0v) is 48.1. The maximum atomic E-state index is 8.55. The van der Waals surface area contributed by atoms with E-state index in [1.54, 1.807) is 0 Å². The van der Waals surface area contributed by atoms with E-state index in [2.05, 4.69) is 83.5 Å². The van der Waals surface area contributed by atoms with Crippen LogP contribution < -0.4 is 14.7 Å². The Balaban J connectivity index is -0.000000407. The molecule has 0 saturated heterocycles. The predicted molar refractivity (Wildman–Crippen MR) is 287 cm³/mol. The van der Waals surface area contributed by atoms with Crippen LogP contribution in [-0.2, 0) is 4.57 Å². The van der Waals surface area contributed by atoms with Gasteiger partial charge in [0.05, 0.1) is 80.0 Å². The number of phosphoric acid groups is 1. The first-order chi connectivity index (χ1) is 31.0. The molecule has 0 bridgehead atoms. The maximum absolute atomic E-state index is 8.55. The number of hydrogen-bond acceptors (Lipinski definition) is 4.